The number of carbonyl (C=O) groups is 1. The highest BCUT2D eigenvalue weighted by molar-refractivity contribution is 6.02. The highest BCUT2D eigenvalue weighted by Gasteiger charge is 2.95. The molecular weight excluding hydrogens is 663 g/mol. The molecule has 0 radical (unpaired) electrons. The summed E-state index contributed by atoms with van der Waals surface area (Å²) >= 11 is 0. The number of aryl methyl sites for hydroxylation is 1. The summed E-state index contributed by atoms with van der Waals surface area (Å²) < 4.78 is 229. The molecule has 0 unspecified atom stereocenters. The summed E-state index contributed by atoms with van der Waals surface area (Å²) in [7, 11) is 0. The summed E-state index contributed by atoms with van der Waals surface area (Å²) in [6.07, 6.45) is 0.0273. The van der Waals surface area contributed by atoms with Gasteiger partial charge in [0.25, 0.3) is 0 Å². The Balaban J connectivity index is 2.26. The second-order valence-electron chi connectivity index (χ2n) is 11.1. The number of hydrogen-bond donors (Lipinski definition) is 0. The van der Waals surface area contributed by atoms with Crippen LogP contribution in [0.3, 0.4) is 0 Å². The summed E-state index contributed by atoms with van der Waals surface area (Å²) in [5.74, 6) is -60.5. The van der Waals surface area contributed by atoms with Gasteiger partial charge in [-0.05, 0) is 30.2 Å². The van der Waals surface area contributed by atoms with Crippen LogP contribution in [0.2, 0.25) is 0 Å². The monoisotopic (exact) mass is 690 g/mol. The van der Waals surface area contributed by atoms with E-state index in [2.05, 4.69) is 6.92 Å². The molecular formula is C27H27F17O. The molecule has 0 aliphatic heterocycles. The number of unbranched alkanes of at least 4 members (excludes halogenated alkanes) is 1. The molecule has 2 rings (SSSR count). The van der Waals surface area contributed by atoms with E-state index in [0.717, 1.165) is 57.1 Å². The Morgan fingerprint density at radius 2 is 0.956 bits per heavy atom. The fourth-order valence-electron chi connectivity index (χ4n) is 4.98. The normalized spacial score (nSPS) is 20.0. The molecule has 0 aromatic heterocycles. The van der Waals surface area contributed by atoms with E-state index < -0.39 is 59.0 Å². The second kappa shape index (κ2) is 12.7. The molecule has 1 aliphatic carbocycles. The number of ketones is 1. The van der Waals surface area contributed by atoms with E-state index in [1.165, 1.54) is 0 Å². The molecule has 0 bridgehead atoms. The molecule has 45 heavy (non-hydrogen) atoms. The fourth-order valence-corrected chi connectivity index (χ4v) is 4.98. The lowest BCUT2D eigenvalue weighted by Crippen LogP contribution is -2.75. The van der Waals surface area contributed by atoms with Gasteiger partial charge in [-0.25, -0.2) is 0 Å². The van der Waals surface area contributed by atoms with Crippen LogP contribution in [0.4, 0.5) is 74.6 Å². The molecule has 260 valence electrons. The maximum atomic E-state index is 14.3. The van der Waals surface area contributed by atoms with Crippen molar-refractivity contribution in [2.75, 3.05) is 0 Å². The Labute approximate surface area is 245 Å². The van der Waals surface area contributed by atoms with E-state index in [-0.39, 0.29) is 12.3 Å². The third-order valence-electron chi connectivity index (χ3n) is 8.00. The van der Waals surface area contributed by atoms with Crippen LogP contribution in [-0.4, -0.2) is 53.4 Å². The van der Waals surface area contributed by atoms with Crippen molar-refractivity contribution < 1.29 is 79.4 Å². The molecule has 1 saturated carbocycles. The van der Waals surface area contributed by atoms with Gasteiger partial charge < -0.3 is 0 Å². The molecule has 1 fully saturated rings. The fraction of sp³-hybridized carbons (Fsp3) is 0.741. The lowest BCUT2D eigenvalue weighted by molar-refractivity contribution is -0.459. The summed E-state index contributed by atoms with van der Waals surface area (Å²) in [5, 5.41) is 0. The van der Waals surface area contributed by atoms with Crippen LogP contribution >= 0.6 is 0 Å². The Morgan fingerprint density at radius 1 is 0.578 bits per heavy atom. The first-order chi connectivity index (χ1) is 20.1. The van der Waals surface area contributed by atoms with Crippen molar-refractivity contribution >= 4 is 5.78 Å². The average molecular weight is 690 g/mol. The van der Waals surface area contributed by atoms with Crippen molar-refractivity contribution in [3.05, 3.63) is 35.4 Å². The van der Waals surface area contributed by atoms with E-state index >= 15 is 0 Å². The number of rotatable bonds is 14. The molecule has 1 aromatic rings. The first kappa shape index (κ1) is 38.9. The summed E-state index contributed by atoms with van der Waals surface area (Å²) in [6, 6.07) is 2.59. The third kappa shape index (κ3) is 6.61. The number of Topliss-reactive ketones (excluding diaryl/α,β-unsaturated/α-hetero) is 1. The number of carbonyl (C=O) groups excluding carboxylic acids is 1. The molecule has 0 N–H and O–H groups in total. The zero-order chi connectivity index (χ0) is 35.1. The molecule has 0 saturated heterocycles. The van der Waals surface area contributed by atoms with E-state index in [0.29, 0.717) is 30.0 Å². The molecule has 0 heterocycles. The van der Waals surface area contributed by atoms with Gasteiger partial charge in [-0.3, -0.25) is 4.79 Å². The van der Waals surface area contributed by atoms with Crippen LogP contribution in [0.1, 0.15) is 74.2 Å². The number of alkyl halides is 17. The lowest BCUT2D eigenvalue weighted by Gasteiger charge is -2.42. The van der Waals surface area contributed by atoms with Gasteiger partial charge >= 0.3 is 47.6 Å². The number of halogens is 17. The van der Waals surface area contributed by atoms with Crippen molar-refractivity contribution in [3.63, 3.8) is 0 Å². The minimum Gasteiger partial charge on any atom is -0.287 e. The SMILES string of the molecule is CCCC[C@H]1CC[C@H](CCc2ccc(C(=O)C(F)(F)C(F)(F)C(F)(F)C(F)(F)C(F)(F)C(F)(F)C(F)(F)C(F)(F)F)cc2)CC1. The Bertz CT molecular complexity index is 1150. The minimum absolute atomic E-state index is 0.276. The highest BCUT2D eigenvalue weighted by atomic mass is 19.4. The molecule has 18 heteroatoms. The Hall–Kier alpha value is -2.30. The van der Waals surface area contributed by atoms with E-state index in [1.54, 1.807) is 0 Å². The smallest absolute Gasteiger partial charge is 0.287 e. The lowest BCUT2D eigenvalue weighted by atomic mass is 9.78. The Morgan fingerprint density at radius 3 is 1.36 bits per heavy atom. The van der Waals surface area contributed by atoms with E-state index in [9.17, 15) is 79.4 Å². The minimum atomic E-state index is -8.73. The first-order valence-electron chi connectivity index (χ1n) is 13.5. The van der Waals surface area contributed by atoms with Crippen LogP contribution in [0.15, 0.2) is 24.3 Å². The predicted octanol–water partition coefficient (Wildman–Crippen LogP) is 10.8. The predicted molar refractivity (Wildman–Crippen MR) is 125 cm³/mol. The van der Waals surface area contributed by atoms with Gasteiger partial charge in [0.15, 0.2) is 0 Å². The second-order valence-corrected chi connectivity index (χ2v) is 11.1. The summed E-state index contributed by atoms with van der Waals surface area (Å²) in [6.45, 7) is 2.06. The van der Waals surface area contributed by atoms with Gasteiger partial charge in [-0.1, -0.05) is 76.1 Å². The quantitative estimate of drug-likeness (QED) is 0.140. The molecule has 1 aliphatic rings. The molecule has 0 amide bonds. The van der Waals surface area contributed by atoms with Crippen LogP contribution in [0, 0.1) is 11.8 Å². The maximum Gasteiger partial charge on any atom is 0.460 e. The van der Waals surface area contributed by atoms with Crippen molar-refractivity contribution in [1.82, 2.24) is 0 Å². The van der Waals surface area contributed by atoms with Crippen LogP contribution in [-0.2, 0) is 6.42 Å². The maximum absolute atomic E-state index is 14.3. The summed E-state index contributed by atoms with van der Waals surface area (Å²) in [4.78, 5) is 12.0. The van der Waals surface area contributed by atoms with Gasteiger partial charge in [-0.2, -0.15) is 74.6 Å². The zero-order valence-electron chi connectivity index (χ0n) is 23.2. The first-order valence-corrected chi connectivity index (χ1v) is 13.5. The Kier molecular flexibility index (Phi) is 11.0. The number of hydrogen-bond acceptors (Lipinski definition) is 1. The average Bonchev–Trinajstić information content (AvgIpc) is 2.94. The van der Waals surface area contributed by atoms with Crippen LogP contribution in [0.5, 0.6) is 0 Å². The summed E-state index contributed by atoms with van der Waals surface area (Å²) in [5.41, 5.74) is -1.22. The van der Waals surface area contributed by atoms with Crippen LogP contribution < -0.4 is 0 Å². The van der Waals surface area contributed by atoms with Crippen molar-refractivity contribution in [3.8, 4) is 0 Å². The topological polar surface area (TPSA) is 17.1 Å². The molecule has 0 atom stereocenters. The van der Waals surface area contributed by atoms with Gasteiger partial charge in [0.2, 0.25) is 5.78 Å². The third-order valence-corrected chi connectivity index (χ3v) is 8.00. The van der Waals surface area contributed by atoms with Crippen molar-refractivity contribution in [1.29, 1.82) is 0 Å². The molecule has 0 spiro atoms. The van der Waals surface area contributed by atoms with Gasteiger partial charge in [0.05, 0.1) is 0 Å². The standard InChI is InChI=1S/C27H27F17O/c1-2-3-4-15-5-7-16(8-6-15)9-10-17-11-13-18(14-12-17)19(45)20(28,29)21(30,31)22(32,33)23(34,35)24(36,37)25(38,39)26(40,41)27(42,43)44/h11-16H,2-10H2,1H3/t15-,16-. The van der Waals surface area contributed by atoms with Gasteiger partial charge in [0, 0.05) is 5.56 Å². The number of benzene rings is 1. The largest absolute Gasteiger partial charge is 0.460 e. The zero-order valence-corrected chi connectivity index (χ0v) is 23.2. The van der Waals surface area contributed by atoms with Crippen molar-refractivity contribution in [2.24, 2.45) is 11.8 Å². The van der Waals surface area contributed by atoms with Crippen molar-refractivity contribution in [2.45, 2.75) is 112 Å². The highest BCUT2D eigenvalue weighted by Crippen LogP contribution is 2.64. The van der Waals surface area contributed by atoms with E-state index in [4.69, 9.17) is 0 Å². The van der Waals surface area contributed by atoms with Crippen LogP contribution in [0.25, 0.3) is 0 Å². The van der Waals surface area contributed by atoms with Gasteiger partial charge in [0.1, 0.15) is 0 Å². The molecule has 1 nitrogen and oxygen atoms in total. The molecule has 1 aromatic carbocycles. The van der Waals surface area contributed by atoms with Gasteiger partial charge in [-0.15, -0.1) is 0 Å². The van der Waals surface area contributed by atoms with E-state index in [1.807, 2.05) is 0 Å².